The Balaban J connectivity index is 0.000000269. The number of aliphatic hydroxyl groups is 1. The molecule has 2 N–H and O–H groups in total. The molecule has 3 unspecified atom stereocenters. The number of phenolic OH excluding ortho intramolecular Hbond substituents is 1. The fraction of sp³-hybridized carbons (Fsp3) is 0.469. The first kappa shape index (κ1) is 29.8. The second-order valence-corrected chi connectivity index (χ2v) is 11.2. The summed E-state index contributed by atoms with van der Waals surface area (Å²) >= 11 is 0. The summed E-state index contributed by atoms with van der Waals surface area (Å²) in [5, 5.41) is 19.4. The van der Waals surface area contributed by atoms with Crippen LogP contribution in [0.25, 0.3) is 32.9 Å². The fourth-order valence-corrected chi connectivity index (χ4v) is 6.44. The Kier molecular flexibility index (Phi) is 9.33. The van der Waals surface area contributed by atoms with E-state index in [0.29, 0.717) is 35.3 Å². The van der Waals surface area contributed by atoms with Crippen LogP contribution >= 0.6 is 0 Å². The Hall–Kier alpha value is -3.63. The summed E-state index contributed by atoms with van der Waals surface area (Å²) in [6.07, 6.45) is 6.66. The zero-order valence-corrected chi connectivity index (χ0v) is 24.4. The van der Waals surface area contributed by atoms with E-state index in [2.05, 4.69) is 31.7 Å². The molecule has 0 bridgehead atoms. The second kappa shape index (κ2) is 13.1. The van der Waals surface area contributed by atoms with Gasteiger partial charge in [-0.3, -0.25) is 9.88 Å². The number of fused-ring (bicyclic) bond motifs is 3. The second-order valence-electron chi connectivity index (χ2n) is 11.2. The molecular formula is C32H39F2N5O3. The largest absolute Gasteiger partial charge is 0.508 e. The molecule has 2 aromatic carbocycles. The molecular weight excluding hydrogens is 540 g/mol. The van der Waals surface area contributed by atoms with Crippen molar-refractivity contribution in [2.75, 3.05) is 45.3 Å². The highest BCUT2D eigenvalue weighted by Crippen LogP contribution is 2.37. The Morgan fingerprint density at radius 3 is 2.55 bits per heavy atom. The van der Waals surface area contributed by atoms with Crippen molar-refractivity contribution in [3.63, 3.8) is 0 Å². The van der Waals surface area contributed by atoms with Gasteiger partial charge >= 0.3 is 6.01 Å². The lowest BCUT2D eigenvalue weighted by Crippen LogP contribution is -2.35. The van der Waals surface area contributed by atoms with Crippen LogP contribution in [0.5, 0.6) is 11.8 Å². The van der Waals surface area contributed by atoms with Crippen LogP contribution < -0.4 is 9.64 Å². The quantitative estimate of drug-likeness (QED) is 0.318. The van der Waals surface area contributed by atoms with Crippen molar-refractivity contribution >= 4 is 27.5 Å². The molecule has 0 spiro atoms. The van der Waals surface area contributed by atoms with E-state index in [4.69, 9.17) is 9.84 Å². The normalized spacial score (nSPS) is 21.9. The maximum atomic E-state index is 15.8. The van der Waals surface area contributed by atoms with Crippen molar-refractivity contribution in [2.24, 2.45) is 5.92 Å². The van der Waals surface area contributed by atoms with E-state index in [0.717, 1.165) is 56.8 Å². The number of hydrogen-bond donors (Lipinski definition) is 2. The van der Waals surface area contributed by atoms with Gasteiger partial charge in [-0.05, 0) is 67.5 Å². The van der Waals surface area contributed by atoms with Crippen LogP contribution in [0.3, 0.4) is 0 Å². The number of aromatic hydroxyl groups is 1. The van der Waals surface area contributed by atoms with E-state index in [1.165, 1.54) is 26.0 Å². The number of halogens is 2. The summed E-state index contributed by atoms with van der Waals surface area (Å²) < 4.78 is 33.7. The molecule has 42 heavy (non-hydrogen) atoms. The molecule has 0 saturated carbocycles. The molecule has 3 aliphatic rings. The van der Waals surface area contributed by atoms with Gasteiger partial charge in [0.05, 0.1) is 12.5 Å². The number of pyridine rings is 1. The monoisotopic (exact) mass is 579 g/mol. The molecule has 3 aliphatic heterocycles. The topological polar surface area (TPSA) is 94.8 Å². The smallest absolute Gasteiger partial charge is 0.318 e. The average Bonchev–Trinajstić information content (AvgIpc) is 3.59. The van der Waals surface area contributed by atoms with E-state index in [9.17, 15) is 9.50 Å². The number of phenols is 1. The number of aliphatic hydroxyl groups excluding tert-OH is 1. The number of aromatic nitrogens is 3. The zero-order valence-electron chi connectivity index (χ0n) is 24.4. The van der Waals surface area contributed by atoms with Crippen LogP contribution in [-0.4, -0.2) is 82.7 Å². The maximum absolute atomic E-state index is 15.8. The van der Waals surface area contributed by atoms with Gasteiger partial charge in [-0.1, -0.05) is 31.2 Å². The van der Waals surface area contributed by atoms with Gasteiger partial charge in [-0.15, -0.1) is 0 Å². The van der Waals surface area contributed by atoms with Crippen LogP contribution in [0.4, 0.5) is 14.6 Å². The number of piperidine rings is 1. The van der Waals surface area contributed by atoms with Crippen molar-refractivity contribution in [2.45, 2.75) is 51.2 Å². The fourth-order valence-electron chi connectivity index (χ4n) is 6.44. The van der Waals surface area contributed by atoms with Gasteiger partial charge in [0, 0.05) is 44.5 Å². The van der Waals surface area contributed by atoms with Crippen LogP contribution in [0.15, 0.2) is 42.6 Å². The number of alkyl halides is 1. The van der Waals surface area contributed by atoms with Crippen LogP contribution in [-0.2, 0) is 0 Å². The maximum Gasteiger partial charge on any atom is 0.318 e. The van der Waals surface area contributed by atoms with Crippen LogP contribution in [0, 0.1) is 11.7 Å². The van der Waals surface area contributed by atoms with Crippen molar-refractivity contribution in [3.05, 3.63) is 48.4 Å². The summed E-state index contributed by atoms with van der Waals surface area (Å²) in [7, 11) is 2.48. The summed E-state index contributed by atoms with van der Waals surface area (Å²) in [5.74, 6) is 0.672. The SMILES string of the molecule is CO.COc1nc(N2CCCC(C)C2)c2cnc(-c3cc(O)cc4ccccc34)c(F)c2n1.FC1CC2CCCN2C1. The molecule has 2 aromatic heterocycles. The van der Waals surface area contributed by atoms with Crippen molar-refractivity contribution in [1.82, 2.24) is 19.9 Å². The van der Waals surface area contributed by atoms with Gasteiger partial charge in [-0.25, -0.2) is 8.78 Å². The van der Waals surface area contributed by atoms with Gasteiger partial charge in [-0.2, -0.15) is 9.97 Å². The number of rotatable bonds is 3. The van der Waals surface area contributed by atoms with Gasteiger partial charge < -0.3 is 19.8 Å². The van der Waals surface area contributed by atoms with Gasteiger partial charge in [0.25, 0.3) is 0 Å². The Morgan fingerprint density at radius 2 is 1.79 bits per heavy atom. The van der Waals surface area contributed by atoms with Gasteiger partial charge in [0.1, 0.15) is 28.9 Å². The van der Waals surface area contributed by atoms with E-state index >= 15 is 4.39 Å². The van der Waals surface area contributed by atoms with Gasteiger partial charge in [0.15, 0.2) is 5.82 Å². The number of methoxy groups -OCH3 is 1. The third kappa shape index (κ3) is 6.10. The standard InChI is InChI=1S/C24H23FN4O2.C7H12FN.CH4O/c1-14-6-5-9-29(13-14)23-19-12-26-21(20(25)22(19)27-24(28-23)31-2)18-11-16(30)10-15-7-3-4-8-17(15)18;8-6-4-7-2-1-3-9(7)5-6;1-2/h3-4,7-8,10-12,14,30H,5-6,9,13H2,1-2H3;6-7H,1-5H2;2H,1H3. The summed E-state index contributed by atoms with van der Waals surface area (Å²) in [6.45, 7) is 5.75. The number of nitrogens with zero attached hydrogens (tertiary/aromatic N) is 5. The molecule has 8 nitrogen and oxygen atoms in total. The molecule has 0 amide bonds. The predicted molar refractivity (Wildman–Crippen MR) is 161 cm³/mol. The highest BCUT2D eigenvalue weighted by atomic mass is 19.1. The number of ether oxygens (including phenoxy) is 1. The Bertz CT molecular complexity index is 1530. The minimum absolute atomic E-state index is 0.0539. The Labute approximate surface area is 245 Å². The predicted octanol–water partition coefficient (Wildman–Crippen LogP) is 5.74. The lowest BCUT2D eigenvalue weighted by Gasteiger charge is -2.32. The highest BCUT2D eigenvalue weighted by molar-refractivity contribution is 5.99. The van der Waals surface area contributed by atoms with Crippen LogP contribution in [0.2, 0.25) is 0 Å². The lowest BCUT2D eigenvalue weighted by atomic mass is 9.99. The average molecular weight is 580 g/mol. The molecule has 5 heterocycles. The number of anilines is 1. The van der Waals surface area contributed by atoms with Crippen LogP contribution in [0.1, 0.15) is 39.0 Å². The lowest BCUT2D eigenvalue weighted by molar-refractivity contribution is 0.292. The molecule has 0 aliphatic carbocycles. The van der Waals surface area contributed by atoms with E-state index in [-0.39, 0.29) is 23.0 Å². The molecule has 10 heteroatoms. The van der Waals surface area contributed by atoms with E-state index < -0.39 is 12.0 Å². The third-order valence-electron chi connectivity index (χ3n) is 8.34. The van der Waals surface area contributed by atoms with Crippen molar-refractivity contribution in [1.29, 1.82) is 0 Å². The Morgan fingerprint density at radius 1 is 1.00 bits per heavy atom. The van der Waals surface area contributed by atoms with Crippen molar-refractivity contribution in [3.8, 4) is 23.0 Å². The summed E-state index contributed by atoms with van der Waals surface area (Å²) in [4.78, 5) is 17.8. The summed E-state index contributed by atoms with van der Waals surface area (Å²) in [5.41, 5.74) is 0.816. The van der Waals surface area contributed by atoms with E-state index in [1.807, 2.05) is 24.3 Å². The molecule has 3 saturated heterocycles. The van der Waals surface area contributed by atoms with Crippen molar-refractivity contribution < 1.29 is 23.7 Å². The summed E-state index contributed by atoms with van der Waals surface area (Å²) in [6, 6.07) is 11.4. The number of hydrogen-bond acceptors (Lipinski definition) is 8. The zero-order chi connectivity index (χ0) is 29.8. The van der Waals surface area contributed by atoms with E-state index in [1.54, 1.807) is 12.3 Å². The first-order valence-electron chi connectivity index (χ1n) is 14.6. The minimum atomic E-state index is -0.555. The molecule has 4 aromatic rings. The molecule has 7 rings (SSSR count). The first-order valence-corrected chi connectivity index (χ1v) is 14.6. The highest BCUT2D eigenvalue weighted by Gasteiger charge is 2.34. The first-order chi connectivity index (χ1) is 20.4. The molecule has 3 atom stereocenters. The minimum Gasteiger partial charge on any atom is -0.508 e. The molecule has 0 radical (unpaired) electrons. The molecule has 224 valence electrons. The third-order valence-corrected chi connectivity index (χ3v) is 8.34. The number of benzene rings is 2. The van der Waals surface area contributed by atoms with Gasteiger partial charge in [0.2, 0.25) is 0 Å². The molecule has 3 fully saturated rings.